The number of alkyl halides is 3. The lowest BCUT2D eigenvalue weighted by molar-refractivity contribution is -0.177. The number of carboxylic acid groups (broad SMARTS) is 1. The number of carbonyl (C=O) groups is 2. The minimum Gasteiger partial charge on any atom is -0.480 e. The summed E-state index contributed by atoms with van der Waals surface area (Å²) in [6, 6.07) is 0. The van der Waals surface area contributed by atoms with Crippen molar-refractivity contribution in [1.29, 1.82) is 0 Å². The van der Waals surface area contributed by atoms with Gasteiger partial charge >= 0.3 is 18.1 Å². The summed E-state index contributed by atoms with van der Waals surface area (Å²) in [6.45, 7) is 1.09. The molecule has 1 atom stereocenters. The molecular weight excluding hydrogens is 215 g/mol. The average molecular weight is 225 g/mol. The Hall–Kier alpha value is -1.27. The third kappa shape index (κ3) is 2.40. The molecule has 0 saturated heterocycles. The van der Waals surface area contributed by atoms with Gasteiger partial charge in [-0.15, -0.1) is 0 Å². The summed E-state index contributed by atoms with van der Waals surface area (Å²) in [5, 5.41) is 10.3. The monoisotopic (exact) mass is 225 g/mol. The van der Waals surface area contributed by atoms with Gasteiger partial charge in [0.25, 0.3) is 0 Å². The van der Waals surface area contributed by atoms with E-state index in [4.69, 9.17) is 5.11 Å². The summed E-state index contributed by atoms with van der Waals surface area (Å²) < 4.78 is 35.8. The van der Waals surface area contributed by atoms with Crippen molar-refractivity contribution in [3.8, 4) is 0 Å². The largest absolute Gasteiger partial charge is 0.480 e. The highest BCUT2D eigenvalue weighted by Gasteiger charge is 2.52. The molecule has 1 amide bonds. The first kappa shape index (κ1) is 11.8. The molecule has 1 aliphatic carbocycles. The number of hydrogen-bond acceptors (Lipinski definition) is 2. The van der Waals surface area contributed by atoms with Crippen molar-refractivity contribution >= 4 is 11.9 Å². The molecule has 0 spiro atoms. The van der Waals surface area contributed by atoms with Crippen LogP contribution in [0.5, 0.6) is 0 Å². The first-order valence-corrected chi connectivity index (χ1v) is 4.30. The second-order valence-corrected chi connectivity index (χ2v) is 3.73. The normalized spacial score (nSPS) is 20.5. The quantitative estimate of drug-likeness (QED) is 0.750. The molecule has 86 valence electrons. The van der Waals surface area contributed by atoms with Gasteiger partial charge in [-0.3, -0.25) is 4.79 Å². The van der Waals surface area contributed by atoms with Crippen LogP contribution in [-0.2, 0) is 9.59 Å². The van der Waals surface area contributed by atoms with Gasteiger partial charge in [0.15, 0.2) is 0 Å². The predicted octanol–water partition coefficient (Wildman–Crippen LogP) is 0.918. The summed E-state index contributed by atoms with van der Waals surface area (Å²) in [5.41, 5.74) is -1.81. The molecule has 0 radical (unpaired) electrons. The molecular formula is C8H10F3NO3. The van der Waals surface area contributed by atoms with E-state index >= 15 is 0 Å². The van der Waals surface area contributed by atoms with Gasteiger partial charge in [0.2, 0.25) is 0 Å². The van der Waals surface area contributed by atoms with E-state index in [1.165, 1.54) is 5.32 Å². The second-order valence-electron chi connectivity index (χ2n) is 3.73. The number of aliphatic carboxylic acids is 1. The van der Waals surface area contributed by atoms with Crippen molar-refractivity contribution in [2.24, 2.45) is 5.92 Å². The van der Waals surface area contributed by atoms with Crippen LogP contribution in [0.2, 0.25) is 0 Å². The lowest BCUT2D eigenvalue weighted by Gasteiger charge is -2.26. The molecule has 0 heterocycles. The fourth-order valence-electron chi connectivity index (χ4n) is 1.30. The zero-order valence-electron chi connectivity index (χ0n) is 7.89. The van der Waals surface area contributed by atoms with E-state index in [0.29, 0.717) is 12.8 Å². The van der Waals surface area contributed by atoms with E-state index in [1.54, 1.807) is 0 Å². The van der Waals surface area contributed by atoms with Gasteiger partial charge in [0.1, 0.15) is 5.54 Å². The van der Waals surface area contributed by atoms with Crippen LogP contribution in [-0.4, -0.2) is 28.7 Å². The van der Waals surface area contributed by atoms with Crippen molar-refractivity contribution in [2.45, 2.75) is 31.5 Å². The summed E-state index contributed by atoms with van der Waals surface area (Å²) >= 11 is 0. The molecule has 1 rings (SSSR count). The van der Waals surface area contributed by atoms with Crippen LogP contribution in [0.4, 0.5) is 13.2 Å². The molecule has 0 aromatic rings. The highest BCUT2D eigenvalue weighted by atomic mass is 19.4. The van der Waals surface area contributed by atoms with Crippen molar-refractivity contribution < 1.29 is 27.9 Å². The van der Waals surface area contributed by atoms with E-state index < -0.39 is 29.5 Å². The van der Waals surface area contributed by atoms with Crippen molar-refractivity contribution in [3.63, 3.8) is 0 Å². The molecule has 4 nitrogen and oxygen atoms in total. The first-order chi connectivity index (χ1) is 6.68. The minimum absolute atomic E-state index is 0.415. The summed E-state index contributed by atoms with van der Waals surface area (Å²) in [7, 11) is 0. The third-order valence-electron chi connectivity index (χ3n) is 2.47. The van der Waals surface area contributed by atoms with E-state index in [2.05, 4.69) is 0 Å². The fourth-order valence-corrected chi connectivity index (χ4v) is 1.30. The number of amides is 1. The predicted molar refractivity (Wildman–Crippen MR) is 43.0 cm³/mol. The Balaban J connectivity index is 2.76. The molecule has 0 aromatic heterocycles. The number of nitrogens with one attached hydrogen (secondary N) is 1. The maximum absolute atomic E-state index is 11.9. The highest BCUT2D eigenvalue weighted by molar-refractivity contribution is 5.89. The topological polar surface area (TPSA) is 66.4 Å². The lowest BCUT2D eigenvalue weighted by Crippen LogP contribution is -2.57. The number of carbonyl (C=O) groups excluding carboxylic acids is 1. The first-order valence-electron chi connectivity index (χ1n) is 4.30. The zero-order valence-corrected chi connectivity index (χ0v) is 7.89. The Labute approximate surface area is 83.5 Å². The van der Waals surface area contributed by atoms with Gasteiger partial charge in [-0.25, -0.2) is 4.79 Å². The second kappa shape index (κ2) is 3.39. The lowest BCUT2D eigenvalue weighted by atomic mass is 9.96. The molecule has 2 N–H and O–H groups in total. The van der Waals surface area contributed by atoms with E-state index in [-0.39, 0.29) is 0 Å². The number of hydrogen-bond donors (Lipinski definition) is 2. The molecule has 0 bridgehead atoms. The Morgan fingerprint density at radius 3 is 2.07 bits per heavy atom. The highest BCUT2D eigenvalue weighted by Crippen LogP contribution is 2.40. The zero-order chi connectivity index (χ0) is 11.9. The van der Waals surface area contributed by atoms with Crippen LogP contribution in [0.25, 0.3) is 0 Å². The molecule has 7 heteroatoms. The van der Waals surface area contributed by atoms with Gasteiger partial charge in [-0.1, -0.05) is 0 Å². The summed E-state index contributed by atoms with van der Waals surface area (Å²) in [6.07, 6.45) is -4.02. The van der Waals surface area contributed by atoms with Gasteiger partial charge in [-0.05, 0) is 25.7 Å². The molecule has 1 aliphatic rings. The van der Waals surface area contributed by atoms with Crippen molar-refractivity contribution in [1.82, 2.24) is 5.32 Å². The van der Waals surface area contributed by atoms with Gasteiger partial charge < -0.3 is 10.4 Å². The molecule has 1 saturated carbocycles. The maximum Gasteiger partial charge on any atom is 0.471 e. The maximum atomic E-state index is 11.9. The standard InChI is InChI=1S/C8H10F3NO3/c1-7(6(14)15,4-2-3-4)12-5(13)8(9,10)11/h4H,2-3H2,1H3,(H,12,13)(H,14,15). The van der Waals surface area contributed by atoms with Crippen LogP contribution in [0.3, 0.4) is 0 Å². The number of rotatable bonds is 3. The van der Waals surface area contributed by atoms with Crippen LogP contribution in [0.15, 0.2) is 0 Å². The van der Waals surface area contributed by atoms with Gasteiger partial charge in [0, 0.05) is 0 Å². The summed E-state index contributed by atoms with van der Waals surface area (Å²) in [5.74, 6) is -4.07. The third-order valence-corrected chi connectivity index (χ3v) is 2.47. The van der Waals surface area contributed by atoms with Crippen LogP contribution < -0.4 is 5.32 Å². The molecule has 15 heavy (non-hydrogen) atoms. The fraction of sp³-hybridized carbons (Fsp3) is 0.750. The summed E-state index contributed by atoms with van der Waals surface area (Å²) in [4.78, 5) is 21.4. The minimum atomic E-state index is -5.05. The Morgan fingerprint density at radius 2 is 1.80 bits per heavy atom. The smallest absolute Gasteiger partial charge is 0.471 e. The molecule has 0 aromatic carbocycles. The Bertz CT molecular complexity index is 298. The Kier molecular flexibility index (Phi) is 2.67. The Morgan fingerprint density at radius 1 is 1.33 bits per heavy atom. The average Bonchev–Trinajstić information content (AvgIpc) is 2.83. The van der Waals surface area contributed by atoms with E-state index in [9.17, 15) is 22.8 Å². The van der Waals surface area contributed by atoms with Crippen LogP contribution in [0, 0.1) is 5.92 Å². The molecule has 0 aliphatic heterocycles. The van der Waals surface area contributed by atoms with Gasteiger partial charge in [-0.2, -0.15) is 13.2 Å². The van der Waals surface area contributed by atoms with Crippen LogP contribution in [0.1, 0.15) is 19.8 Å². The van der Waals surface area contributed by atoms with Crippen molar-refractivity contribution in [2.75, 3.05) is 0 Å². The molecule has 1 fully saturated rings. The van der Waals surface area contributed by atoms with E-state index in [1.807, 2.05) is 0 Å². The SMILES string of the molecule is CC(NC(=O)C(F)(F)F)(C(=O)O)C1CC1. The van der Waals surface area contributed by atoms with Crippen molar-refractivity contribution in [3.05, 3.63) is 0 Å². The molecule has 1 unspecified atom stereocenters. The van der Waals surface area contributed by atoms with Crippen LogP contribution >= 0.6 is 0 Å². The number of carboxylic acids is 1. The van der Waals surface area contributed by atoms with E-state index in [0.717, 1.165) is 6.92 Å². The van der Waals surface area contributed by atoms with Gasteiger partial charge in [0.05, 0.1) is 0 Å². The number of halogens is 3.